The average Bonchev–Trinajstić information content (AvgIpc) is 3.09. The van der Waals surface area contributed by atoms with E-state index in [0.717, 1.165) is 19.5 Å². The minimum atomic E-state index is 0.263. The van der Waals surface area contributed by atoms with Gasteiger partial charge in [0.15, 0.2) is 0 Å². The van der Waals surface area contributed by atoms with E-state index in [2.05, 4.69) is 34.3 Å². The summed E-state index contributed by atoms with van der Waals surface area (Å²) in [5.41, 5.74) is 1.32. The number of nitrogens with one attached hydrogen (secondary N) is 1. The molecule has 1 atom stereocenters. The molecule has 1 saturated heterocycles. The van der Waals surface area contributed by atoms with E-state index in [0.29, 0.717) is 12.5 Å². The van der Waals surface area contributed by atoms with Gasteiger partial charge in [-0.15, -0.1) is 22.7 Å². The van der Waals surface area contributed by atoms with Crippen LogP contribution in [0.1, 0.15) is 17.7 Å². The lowest BCUT2D eigenvalue weighted by Gasteiger charge is -2.30. The summed E-state index contributed by atoms with van der Waals surface area (Å²) in [6.07, 6.45) is 1.62. The lowest BCUT2D eigenvalue weighted by atomic mass is 10.1. The lowest BCUT2D eigenvalue weighted by molar-refractivity contribution is -0.132. The number of hydrogen-bond donors (Lipinski definition) is 1. The summed E-state index contributed by atoms with van der Waals surface area (Å²) < 4.78 is 0. The SMILES string of the molecule is CN1CC(NCc2cc(-c3cccs3)cs2)CCC1=O. The molecule has 5 heteroatoms. The molecule has 2 aromatic rings. The molecule has 0 aromatic carbocycles. The van der Waals surface area contributed by atoms with Crippen LogP contribution in [0.3, 0.4) is 0 Å². The zero-order valence-corrected chi connectivity index (χ0v) is 13.1. The molecule has 0 spiro atoms. The summed E-state index contributed by atoms with van der Waals surface area (Å²) in [7, 11) is 1.89. The van der Waals surface area contributed by atoms with Gasteiger partial charge in [-0.05, 0) is 29.3 Å². The molecular weight excluding hydrogens is 288 g/mol. The van der Waals surface area contributed by atoms with E-state index in [1.54, 1.807) is 22.7 Å². The molecule has 2 aromatic heterocycles. The highest BCUT2D eigenvalue weighted by Crippen LogP contribution is 2.29. The van der Waals surface area contributed by atoms with Gasteiger partial charge in [0.1, 0.15) is 0 Å². The maximum absolute atomic E-state index is 11.4. The number of hydrogen-bond acceptors (Lipinski definition) is 4. The van der Waals surface area contributed by atoms with Crippen LogP contribution >= 0.6 is 22.7 Å². The zero-order valence-electron chi connectivity index (χ0n) is 11.5. The highest BCUT2D eigenvalue weighted by Gasteiger charge is 2.22. The summed E-state index contributed by atoms with van der Waals surface area (Å²) in [4.78, 5) is 16.0. The smallest absolute Gasteiger partial charge is 0.222 e. The molecule has 1 aliphatic rings. The first-order chi connectivity index (χ1) is 9.72. The van der Waals surface area contributed by atoms with Crippen LogP contribution in [0.5, 0.6) is 0 Å². The van der Waals surface area contributed by atoms with E-state index >= 15 is 0 Å². The van der Waals surface area contributed by atoms with Crippen molar-refractivity contribution in [1.29, 1.82) is 0 Å². The van der Waals surface area contributed by atoms with Crippen LogP contribution in [0.15, 0.2) is 29.0 Å². The molecule has 1 fully saturated rings. The van der Waals surface area contributed by atoms with Crippen molar-refractivity contribution in [2.45, 2.75) is 25.4 Å². The van der Waals surface area contributed by atoms with Crippen molar-refractivity contribution < 1.29 is 4.79 Å². The maximum atomic E-state index is 11.4. The number of rotatable bonds is 4. The Hall–Kier alpha value is -1.17. The van der Waals surface area contributed by atoms with Gasteiger partial charge >= 0.3 is 0 Å². The van der Waals surface area contributed by atoms with Crippen LogP contribution in [-0.4, -0.2) is 30.4 Å². The summed E-state index contributed by atoms with van der Waals surface area (Å²) in [5, 5.41) is 7.90. The maximum Gasteiger partial charge on any atom is 0.222 e. The first kappa shape index (κ1) is 13.8. The monoisotopic (exact) mass is 306 g/mol. The number of amides is 1. The first-order valence-corrected chi connectivity index (χ1v) is 8.57. The Morgan fingerprint density at radius 1 is 1.45 bits per heavy atom. The van der Waals surface area contributed by atoms with Gasteiger partial charge in [-0.1, -0.05) is 6.07 Å². The predicted octanol–water partition coefficient (Wildman–Crippen LogP) is 3.19. The number of likely N-dealkylation sites (N-methyl/N-ethyl adjacent to an activating group) is 1. The summed E-state index contributed by atoms with van der Waals surface area (Å²) >= 11 is 3.58. The van der Waals surface area contributed by atoms with E-state index in [9.17, 15) is 4.79 Å². The molecule has 3 nitrogen and oxygen atoms in total. The largest absolute Gasteiger partial charge is 0.344 e. The van der Waals surface area contributed by atoms with Crippen LogP contribution in [0.25, 0.3) is 10.4 Å². The molecular formula is C15H18N2OS2. The highest BCUT2D eigenvalue weighted by atomic mass is 32.1. The molecule has 0 bridgehead atoms. The van der Waals surface area contributed by atoms with Crippen LogP contribution < -0.4 is 5.32 Å². The van der Waals surface area contributed by atoms with Crippen molar-refractivity contribution >= 4 is 28.6 Å². The number of likely N-dealkylation sites (tertiary alicyclic amines) is 1. The van der Waals surface area contributed by atoms with Crippen LogP contribution in [0, 0.1) is 0 Å². The predicted molar refractivity (Wildman–Crippen MR) is 85.1 cm³/mol. The second-order valence-corrected chi connectivity index (χ2v) is 7.11. The van der Waals surface area contributed by atoms with Gasteiger partial charge in [-0.2, -0.15) is 0 Å². The topological polar surface area (TPSA) is 32.3 Å². The quantitative estimate of drug-likeness (QED) is 0.941. The molecule has 1 aliphatic heterocycles. The fraction of sp³-hybridized carbons (Fsp3) is 0.400. The van der Waals surface area contributed by atoms with Gasteiger partial charge in [0.2, 0.25) is 5.91 Å². The van der Waals surface area contributed by atoms with Crippen molar-refractivity contribution in [3.05, 3.63) is 33.8 Å². The van der Waals surface area contributed by atoms with Gasteiger partial charge in [0, 0.05) is 47.9 Å². The van der Waals surface area contributed by atoms with E-state index in [1.165, 1.54) is 15.3 Å². The molecule has 3 rings (SSSR count). The van der Waals surface area contributed by atoms with E-state index in [4.69, 9.17) is 0 Å². The minimum absolute atomic E-state index is 0.263. The fourth-order valence-corrected chi connectivity index (χ4v) is 4.09. The van der Waals surface area contributed by atoms with Crippen molar-refractivity contribution in [2.75, 3.05) is 13.6 Å². The third kappa shape index (κ3) is 3.11. The standard InChI is InChI=1S/C15H18N2OS2/c1-17-9-12(4-5-15(17)18)16-8-13-7-11(10-20-13)14-3-2-6-19-14/h2-3,6-7,10,12,16H,4-5,8-9H2,1H3. The second-order valence-electron chi connectivity index (χ2n) is 5.17. The zero-order chi connectivity index (χ0) is 13.9. The number of piperidine rings is 1. The molecule has 0 radical (unpaired) electrons. The molecule has 1 N–H and O–H groups in total. The number of thiophene rings is 2. The van der Waals surface area contributed by atoms with Crippen LogP contribution in [0.2, 0.25) is 0 Å². The normalized spacial score (nSPS) is 19.6. The number of carbonyl (C=O) groups is 1. The van der Waals surface area contributed by atoms with Crippen molar-refractivity contribution in [2.24, 2.45) is 0 Å². The van der Waals surface area contributed by atoms with Crippen molar-refractivity contribution in [1.82, 2.24) is 10.2 Å². The van der Waals surface area contributed by atoms with E-state index in [1.807, 2.05) is 11.9 Å². The Morgan fingerprint density at radius 3 is 3.10 bits per heavy atom. The average molecular weight is 306 g/mol. The molecule has 106 valence electrons. The summed E-state index contributed by atoms with van der Waals surface area (Å²) in [5.74, 6) is 0.263. The molecule has 20 heavy (non-hydrogen) atoms. The molecule has 1 unspecified atom stereocenters. The van der Waals surface area contributed by atoms with E-state index < -0.39 is 0 Å². The third-order valence-electron chi connectivity index (χ3n) is 3.65. The molecule has 0 aliphatic carbocycles. The molecule has 3 heterocycles. The van der Waals surface area contributed by atoms with Crippen molar-refractivity contribution in [3.8, 4) is 10.4 Å². The van der Waals surface area contributed by atoms with Crippen LogP contribution in [0.4, 0.5) is 0 Å². The second kappa shape index (κ2) is 6.08. The van der Waals surface area contributed by atoms with Gasteiger partial charge in [-0.25, -0.2) is 0 Å². The first-order valence-electron chi connectivity index (χ1n) is 6.81. The van der Waals surface area contributed by atoms with Gasteiger partial charge in [0.05, 0.1) is 0 Å². The summed E-state index contributed by atoms with van der Waals surface area (Å²) in [6, 6.07) is 6.93. The van der Waals surface area contributed by atoms with Crippen molar-refractivity contribution in [3.63, 3.8) is 0 Å². The Morgan fingerprint density at radius 2 is 2.35 bits per heavy atom. The lowest BCUT2D eigenvalue weighted by Crippen LogP contribution is -2.46. The number of nitrogens with zero attached hydrogens (tertiary/aromatic N) is 1. The van der Waals surface area contributed by atoms with Crippen LogP contribution in [-0.2, 0) is 11.3 Å². The Kier molecular flexibility index (Phi) is 4.19. The van der Waals surface area contributed by atoms with Gasteiger partial charge in [-0.3, -0.25) is 4.79 Å². The minimum Gasteiger partial charge on any atom is -0.344 e. The Labute approximate surface area is 127 Å². The number of carbonyl (C=O) groups excluding carboxylic acids is 1. The summed E-state index contributed by atoms with van der Waals surface area (Å²) in [6.45, 7) is 1.71. The van der Waals surface area contributed by atoms with E-state index in [-0.39, 0.29) is 5.91 Å². The highest BCUT2D eigenvalue weighted by molar-refractivity contribution is 7.14. The molecule has 0 saturated carbocycles. The Bertz CT molecular complexity index is 576. The van der Waals surface area contributed by atoms with Gasteiger partial charge in [0.25, 0.3) is 0 Å². The Balaban J connectivity index is 1.55. The molecule has 1 amide bonds. The fourth-order valence-electron chi connectivity index (χ4n) is 2.47. The third-order valence-corrected chi connectivity index (χ3v) is 5.51. The van der Waals surface area contributed by atoms with Gasteiger partial charge < -0.3 is 10.2 Å².